The Morgan fingerprint density at radius 3 is 2.70 bits per heavy atom. The van der Waals surface area contributed by atoms with Gasteiger partial charge in [-0.15, -0.1) is 10.2 Å². The number of halogens is 3. The van der Waals surface area contributed by atoms with Crippen molar-refractivity contribution in [2.45, 2.75) is 31.4 Å². The fraction of sp³-hybridized carbons (Fsp3) is 0.526. The lowest BCUT2D eigenvalue weighted by Crippen LogP contribution is -2.35. The first kappa shape index (κ1) is 22.4. The van der Waals surface area contributed by atoms with Crippen molar-refractivity contribution < 1.29 is 27.8 Å². The second-order valence-corrected chi connectivity index (χ2v) is 8.08. The van der Waals surface area contributed by atoms with Crippen LogP contribution in [0.3, 0.4) is 0 Å². The third-order valence-corrected chi connectivity index (χ3v) is 5.87. The smallest absolute Gasteiger partial charge is 0.396 e. The van der Waals surface area contributed by atoms with E-state index in [1.54, 1.807) is 0 Å². The Morgan fingerprint density at radius 1 is 1.27 bits per heavy atom. The second-order valence-electron chi connectivity index (χ2n) is 7.07. The molecule has 3 N–H and O–H groups in total. The number of alkyl halides is 3. The van der Waals surface area contributed by atoms with Gasteiger partial charge in [0.25, 0.3) is 0 Å². The number of ether oxygens (including phenoxy) is 1. The summed E-state index contributed by atoms with van der Waals surface area (Å²) in [5.74, 6) is -0.297. The van der Waals surface area contributed by atoms with Gasteiger partial charge in [-0.05, 0) is 30.9 Å². The van der Waals surface area contributed by atoms with Gasteiger partial charge in [0.1, 0.15) is 5.01 Å². The minimum atomic E-state index is -4.47. The molecular formula is C19H23F3N4O3S. The van der Waals surface area contributed by atoms with Crippen molar-refractivity contribution in [1.29, 1.82) is 0 Å². The lowest BCUT2D eigenvalue weighted by molar-refractivity contribution is -0.138. The Morgan fingerprint density at radius 2 is 2.00 bits per heavy atom. The van der Waals surface area contributed by atoms with Gasteiger partial charge in [0.05, 0.1) is 5.56 Å². The van der Waals surface area contributed by atoms with Gasteiger partial charge in [0, 0.05) is 38.2 Å². The number of hydrogen-bond donors (Lipinski definition) is 3. The van der Waals surface area contributed by atoms with E-state index in [1.165, 1.54) is 29.5 Å². The molecule has 11 heteroatoms. The summed E-state index contributed by atoms with van der Waals surface area (Å²) < 4.78 is 44.7. The minimum absolute atomic E-state index is 0.0140. The highest BCUT2D eigenvalue weighted by molar-refractivity contribution is 7.15. The summed E-state index contributed by atoms with van der Waals surface area (Å²) in [5, 5.41) is 24.0. The first-order valence-corrected chi connectivity index (χ1v) is 10.4. The molecule has 30 heavy (non-hydrogen) atoms. The Labute approximate surface area is 175 Å². The van der Waals surface area contributed by atoms with E-state index in [0.29, 0.717) is 18.3 Å². The molecule has 0 bridgehead atoms. The van der Waals surface area contributed by atoms with Crippen LogP contribution in [0.1, 0.15) is 34.9 Å². The molecule has 0 spiro atoms. The summed E-state index contributed by atoms with van der Waals surface area (Å²) in [7, 11) is 0. The molecule has 0 radical (unpaired) electrons. The van der Waals surface area contributed by atoms with Gasteiger partial charge in [-0.3, -0.25) is 5.32 Å². The van der Waals surface area contributed by atoms with Crippen LogP contribution in [0.5, 0.6) is 0 Å². The molecule has 1 fully saturated rings. The number of carbonyl (C=O) groups excluding carboxylic acids is 1. The van der Waals surface area contributed by atoms with Gasteiger partial charge in [-0.2, -0.15) is 13.2 Å². The molecule has 0 saturated carbocycles. The van der Waals surface area contributed by atoms with Crippen molar-refractivity contribution in [1.82, 2.24) is 15.5 Å². The highest BCUT2D eigenvalue weighted by Crippen LogP contribution is 2.33. The first-order valence-electron chi connectivity index (χ1n) is 9.58. The molecule has 2 heterocycles. The number of aliphatic hydroxyl groups excluding tert-OH is 1. The molecular weight excluding hydrogens is 421 g/mol. The lowest BCUT2D eigenvalue weighted by atomic mass is 9.95. The second kappa shape index (κ2) is 10.2. The maximum absolute atomic E-state index is 13.1. The van der Waals surface area contributed by atoms with E-state index < -0.39 is 23.7 Å². The maximum atomic E-state index is 13.1. The van der Waals surface area contributed by atoms with E-state index in [1.807, 2.05) is 0 Å². The van der Waals surface area contributed by atoms with Gasteiger partial charge in [0.2, 0.25) is 5.13 Å². The number of aliphatic hydroxyl groups is 1. The summed E-state index contributed by atoms with van der Waals surface area (Å²) in [6.07, 6.45) is -2.77. The molecule has 2 aromatic rings. The van der Waals surface area contributed by atoms with Gasteiger partial charge in [0.15, 0.2) is 0 Å². The third-order valence-electron chi connectivity index (χ3n) is 4.87. The zero-order valence-corrected chi connectivity index (χ0v) is 16.9. The van der Waals surface area contributed by atoms with Crippen LogP contribution in [0.2, 0.25) is 0 Å². The average molecular weight is 444 g/mol. The van der Waals surface area contributed by atoms with Gasteiger partial charge in [-0.25, -0.2) is 4.79 Å². The van der Waals surface area contributed by atoms with E-state index in [9.17, 15) is 23.1 Å². The number of benzene rings is 1. The van der Waals surface area contributed by atoms with Crippen LogP contribution in [-0.4, -0.2) is 47.7 Å². The number of amides is 2. The topological polar surface area (TPSA) is 96.4 Å². The van der Waals surface area contributed by atoms with E-state index >= 15 is 0 Å². The number of carbonyl (C=O) groups is 1. The third kappa shape index (κ3) is 6.13. The molecule has 1 aromatic heterocycles. The fourth-order valence-corrected chi connectivity index (χ4v) is 4.17. The molecule has 1 aliphatic rings. The average Bonchev–Trinajstić information content (AvgIpc) is 3.19. The quantitative estimate of drug-likeness (QED) is 0.608. The molecule has 1 aliphatic heterocycles. The van der Waals surface area contributed by atoms with E-state index in [-0.39, 0.29) is 31.1 Å². The van der Waals surface area contributed by atoms with Crippen LogP contribution in [0.15, 0.2) is 24.3 Å². The number of anilines is 1. The van der Waals surface area contributed by atoms with Crippen LogP contribution < -0.4 is 10.6 Å². The molecule has 1 atom stereocenters. The summed E-state index contributed by atoms with van der Waals surface area (Å²) >= 11 is 1.29. The molecule has 2 amide bonds. The zero-order chi connectivity index (χ0) is 21.6. The summed E-state index contributed by atoms with van der Waals surface area (Å²) in [5.41, 5.74) is -0.654. The molecule has 7 nitrogen and oxygen atoms in total. The largest absolute Gasteiger partial charge is 0.416 e. The van der Waals surface area contributed by atoms with Gasteiger partial charge in [-0.1, -0.05) is 29.5 Å². The van der Waals surface area contributed by atoms with E-state index in [4.69, 9.17) is 4.74 Å². The zero-order valence-electron chi connectivity index (χ0n) is 16.1. The highest BCUT2D eigenvalue weighted by Gasteiger charge is 2.33. The molecule has 164 valence electrons. The van der Waals surface area contributed by atoms with Crippen molar-refractivity contribution in [3.63, 3.8) is 0 Å². The van der Waals surface area contributed by atoms with Gasteiger partial charge >= 0.3 is 12.2 Å². The molecule has 1 unspecified atom stereocenters. The number of rotatable bonds is 7. The van der Waals surface area contributed by atoms with Crippen LogP contribution in [0, 0.1) is 5.92 Å². The van der Waals surface area contributed by atoms with E-state index in [2.05, 4.69) is 20.8 Å². The monoisotopic (exact) mass is 444 g/mol. The molecule has 3 rings (SSSR count). The Balaban J connectivity index is 1.52. The summed E-state index contributed by atoms with van der Waals surface area (Å²) in [6.45, 7) is 1.00. The van der Waals surface area contributed by atoms with Crippen molar-refractivity contribution >= 4 is 22.5 Å². The number of urea groups is 1. The summed E-state index contributed by atoms with van der Waals surface area (Å²) in [4.78, 5) is 12.1. The first-order chi connectivity index (χ1) is 14.4. The van der Waals surface area contributed by atoms with Crippen LogP contribution in [0.4, 0.5) is 23.1 Å². The Bertz CT molecular complexity index is 840. The lowest BCUT2D eigenvalue weighted by Gasteiger charge is -2.19. The minimum Gasteiger partial charge on any atom is -0.396 e. The number of hydrogen-bond acceptors (Lipinski definition) is 6. The fourth-order valence-electron chi connectivity index (χ4n) is 3.26. The Hall–Kier alpha value is -2.24. The van der Waals surface area contributed by atoms with Crippen molar-refractivity contribution in [3.8, 4) is 0 Å². The maximum Gasteiger partial charge on any atom is 0.416 e. The highest BCUT2D eigenvalue weighted by atomic mass is 32.1. The molecule has 0 aliphatic carbocycles. The van der Waals surface area contributed by atoms with Crippen LogP contribution in [0.25, 0.3) is 0 Å². The van der Waals surface area contributed by atoms with Crippen molar-refractivity contribution in [2.24, 2.45) is 5.92 Å². The van der Waals surface area contributed by atoms with Crippen LogP contribution in [-0.2, 0) is 17.3 Å². The SMILES string of the molecule is O=C(NCC(CO)Cc1ccccc1C(F)(F)F)Nc1nnc(C2CCOCC2)s1. The van der Waals surface area contributed by atoms with Gasteiger partial charge < -0.3 is 15.2 Å². The molecule has 1 saturated heterocycles. The van der Waals surface area contributed by atoms with Crippen molar-refractivity contribution in [2.75, 3.05) is 31.7 Å². The Kier molecular flexibility index (Phi) is 7.62. The normalized spacial score (nSPS) is 16.3. The number of aromatic nitrogens is 2. The molecule has 1 aromatic carbocycles. The number of nitrogens with zero attached hydrogens (tertiary/aromatic N) is 2. The van der Waals surface area contributed by atoms with Crippen molar-refractivity contribution in [3.05, 3.63) is 40.4 Å². The number of nitrogens with one attached hydrogen (secondary N) is 2. The standard InChI is InChI=1S/C19H23F3N4O3S/c20-19(21,22)15-4-2-1-3-14(15)9-12(11-27)10-23-17(28)24-18-26-25-16(30-18)13-5-7-29-8-6-13/h1-4,12-13,27H,5-11H2,(H2,23,24,26,28). The predicted octanol–water partition coefficient (Wildman–Crippen LogP) is 3.42. The summed E-state index contributed by atoms with van der Waals surface area (Å²) in [6, 6.07) is 4.68. The van der Waals surface area contributed by atoms with Crippen LogP contribution >= 0.6 is 11.3 Å². The predicted molar refractivity (Wildman–Crippen MR) is 105 cm³/mol. The van der Waals surface area contributed by atoms with E-state index in [0.717, 1.165) is 23.9 Å².